The van der Waals surface area contributed by atoms with Crippen molar-refractivity contribution in [3.05, 3.63) is 59.4 Å². The molecule has 6 nitrogen and oxygen atoms in total. The average molecular weight is 384 g/mol. The third-order valence-electron chi connectivity index (χ3n) is 4.53. The highest BCUT2D eigenvalue weighted by molar-refractivity contribution is 6.04. The van der Waals surface area contributed by atoms with Gasteiger partial charge in [0.2, 0.25) is 11.8 Å². The summed E-state index contributed by atoms with van der Waals surface area (Å²) >= 11 is 0. The minimum atomic E-state index is -0.612. The van der Waals surface area contributed by atoms with Crippen LogP contribution in [0.3, 0.4) is 0 Å². The third kappa shape index (κ3) is 4.19. The number of aryl methyl sites for hydroxylation is 1. The van der Waals surface area contributed by atoms with E-state index in [0.717, 1.165) is 5.56 Å². The Morgan fingerprint density at radius 2 is 2.04 bits per heavy atom. The Hall–Kier alpha value is -3.22. The zero-order valence-electron chi connectivity index (χ0n) is 15.7. The Balaban J connectivity index is 1.70. The lowest BCUT2D eigenvalue weighted by Crippen LogP contribution is -2.28. The molecule has 1 atom stereocenters. The van der Waals surface area contributed by atoms with E-state index in [4.69, 9.17) is 4.74 Å². The van der Waals surface area contributed by atoms with Gasteiger partial charge in [0.15, 0.2) is 0 Å². The van der Waals surface area contributed by atoms with Gasteiger partial charge in [-0.05, 0) is 49.7 Å². The number of hydrogen-bond donors (Lipinski definition) is 1. The number of hydrogen-bond acceptors (Lipinski definition) is 4. The van der Waals surface area contributed by atoms with Gasteiger partial charge in [0, 0.05) is 18.7 Å². The van der Waals surface area contributed by atoms with Crippen molar-refractivity contribution in [3.63, 3.8) is 0 Å². The molecule has 1 fully saturated rings. The Morgan fingerprint density at radius 3 is 2.75 bits per heavy atom. The van der Waals surface area contributed by atoms with Crippen LogP contribution >= 0.6 is 0 Å². The van der Waals surface area contributed by atoms with Crippen LogP contribution in [-0.2, 0) is 14.3 Å². The highest BCUT2D eigenvalue weighted by Gasteiger charge is 2.36. The predicted molar refractivity (Wildman–Crippen MR) is 103 cm³/mol. The quantitative estimate of drug-likeness (QED) is 0.803. The van der Waals surface area contributed by atoms with E-state index >= 15 is 0 Å². The van der Waals surface area contributed by atoms with Crippen molar-refractivity contribution in [2.24, 2.45) is 5.92 Å². The Bertz CT molecular complexity index is 928. The summed E-state index contributed by atoms with van der Waals surface area (Å²) in [6.07, 6.45) is -0.00326. The van der Waals surface area contributed by atoms with Gasteiger partial charge in [-0.3, -0.25) is 9.59 Å². The molecule has 1 unspecified atom stereocenters. The zero-order valence-corrected chi connectivity index (χ0v) is 15.7. The normalized spacial score (nSPS) is 16.2. The van der Waals surface area contributed by atoms with E-state index in [9.17, 15) is 18.8 Å². The average Bonchev–Trinajstić information content (AvgIpc) is 3.04. The summed E-state index contributed by atoms with van der Waals surface area (Å²) in [6, 6.07) is 11.0. The van der Waals surface area contributed by atoms with Crippen molar-refractivity contribution in [3.8, 4) is 0 Å². The number of nitrogens with zero attached hydrogens (tertiary/aromatic N) is 1. The van der Waals surface area contributed by atoms with Crippen LogP contribution in [0.2, 0.25) is 0 Å². The highest BCUT2D eigenvalue weighted by Crippen LogP contribution is 2.28. The third-order valence-corrected chi connectivity index (χ3v) is 4.53. The molecule has 2 amide bonds. The highest BCUT2D eigenvalue weighted by atomic mass is 19.1. The molecule has 7 heteroatoms. The fraction of sp³-hybridized carbons (Fsp3) is 0.286. The van der Waals surface area contributed by atoms with E-state index in [-0.39, 0.29) is 37.1 Å². The summed E-state index contributed by atoms with van der Waals surface area (Å²) in [4.78, 5) is 38.0. The standard InChI is InChI=1S/C21H21FN2O4/c1-3-28-21(27)14-5-4-6-16(10-14)23-20(26)15-11-19(25)24(12-15)18-8-7-13(2)9-17(18)22/h4-10,15H,3,11-12H2,1-2H3,(H,23,26). The van der Waals surface area contributed by atoms with E-state index in [1.54, 1.807) is 44.2 Å². The Kier molecular flexibility index (Phi) is 5.73. The molecule has 0 spiro atoms. The van der Waals surface area contributed by atoms with Crippen molar-refractivity contribution >= 4 is 29.2 Å². The number of halogens is 1. The first-order valence-corrected chi connectivity index (χ1v) is 9.03. The molecule has 3 rings (SSSR count). The molecule has 1 saturated heterocycles. The van der Waals surface area contributed by atoms with Gasteiger partial charge in [-0.1, -0.05) is 12.1 Å². The van der Waals surface area contributed by atoms with Crippen LogP contribution in [0, 0.1) is 18.7 Å². The van der Waals surface area contributed by atoms with Crippen LogP contribution in [0.1, 0.15) is 29.3 Å². The van der Waals surface area contributed by atoms with E-state index < -0.39 is 17.7 Å². The number of benzene rings is 2. The van der Waals surface area contributed by atoms with Gasteiger partial charge >= 0.3 is 5.97 Å². The number of anilines is 2. The van der Waals surface area contributed by atoms with Gasteiger partial charge in [-0.15, -0.1) is 0 Å². The number of ether oxygens (including phenoxy) is 1. The van der Waals surface area contributed by atoms with Crippen molar-refractivity contribution in [1.82, 2.24) is 0 Å². The summed E-state index contributed by atoms with van der Waals surface area (Å²) in [5.74, 6) is -2.24. The molecule has 1 aliphatic heterocycles. The summed E-state index contributed by atoms with van der Waals surface area (Å²) in [5.41, 5.74) is 1.69. The Labute approximate surface area is 162 Å². The smallest absolute Gasteiger partial charge is 0.338 e. The second kappa shape index (κ2) is 8.21. The van der Waals surface area contributed by atoms with Crippen LogP contribution in [0.5, 0.6) is 0 Å². The van der Waals surface area contributed by atoms with Gasteiger partial charge in [0.25, 0.3) is 0 Å². The molecule has 0 aromatic heterocycles. The van der Waals surface area contributed by atoms with Gasteiger partial charge < -0.3 is 15.0 Å². The van der Waals surface area contributed by atoms with Crippen LogP contribution in [-0.4, -0.2) is 30.9 Å². The summed E-state index contributed by atoms with van der Waals surface area (Å²) in [5, 5.41) is 2.72. The molecule has 0 bridgehead atoms. The lowest BCUT2D eigenvalue weighted by atomic mass is 10.1. The van der Waals surface area contributed by atoms with Crippen LogP contribution < -0.4 is 10.2 Å². The number of amides is 2. The first kappa shape index (κ1) is 19.5. The van der Waals surface area contributed by atoms with E-state index in [1.807, 2.05) is 0 Å². The van der Waals surface area contributed by atoms with Crippen molar-refractivity contribution in [2.45, 2.75) is 20.3 Å². The van der Waals surface area contributed by atoms with E-state index in [1.165, 1.54) is 17.0 Å². The zero-order chi connectivity index (χ0) is 20.3. The van der Waals surface area contributed by atoms with E-state index in [2.05, 4.69) is 5.32 Å². The minimum absolute atomic E-state index is 0.00326. The second-order valence-corrected chi connectivity index (χ2v) is 6.65. The maximum absolute atomic E-state index is 14.2. The number of carbonyl (C=O) groups is 3. The number of nitrogens with one attached hydrogen (secondary N) is 1. The van der Waals surface area contributed by atoms with Crippen LogP contribution in [0.25, 0.3) is 0 Å². The molecule has 1 aliphatic rings. The second-order valence-electron chi connectivity index (χ2n) is 6.65. The molecule has 1 N–H and O–H groups in total. The molecular formula is C21H21FN2O4. The molecule has 0 radical (unpaired) electrons. The minimum Gasteiger partial charge on any atom is -0.462 e. The van der Waals surface area contributed by atoms with Crippen molar-refractivity contribution in [2.75, 3.05) is 23.4 Å². The molecule has 28 heavy (non-hydrogen) atoms. The molecule has 1 heterocycles. The SMILES string of the molecule is CCOC(=O)c1cccc(NC(=O)C2CC(=O)N(c3ccc(C)cc3F)C2)c1. The van der Waals surface area contributed by atoms with Gasteiger partial charge in [0.1, 0.15) is 5.82 Å². The number of esters is 1. The fourth-order valence-corrected chi connectivity index (χ4v) is 3.13. The van der Waals surface area contributed by atoms with Gasteiger partial charge in [0.05, 0.1) is 23.8 Å². The molecule has 146 valence electrons. The first-order chi connectivity index (χ1) is 13.4. The molecule has 0 aliphatic carbocycles. The van der Waals surface area contributed by atoms with Gasteiger partial charge in [-0.25, -0.2) is 9.18 Å². The lowest BCUT2D eigenvalue weighted by molar-refractivity contribution is -0.122. The maximum atomic E-state index is 14.2. The topological polar surface area (TPSA) is 75.7 Å². The Morgan fingerprint density at radius 1 is 1.25 bits per heavy atom. The van der Waals surface area contributed by atoms with E-state index in [0.29, 0.717) is 11.3 Å². The summed E-state index contributed by atoms with van der Waals surface area (Å²) < 4.78 is 19.1. The largest absolute Gasteiger partial charge is 0.462 e. The number of carbonyl (C=O) groups excluding carboxylic acids is 3. The lowest BCUT2D eigenvalue weighted by Gasteiger charge is -2.18. The molecule has 2 aromatic carbocycles. The van der Waals surface area contributed by atoms with Crippen LogP contribution in [0.15, 0.2) is 42.5 Å². The number of rotatable bonds is 5. The molecule has 0 saturated carbocycles. The first-order valence-electron chi connectivity index (χ1n) is 9.03. The van der Waals surface area contributed by atoms with Gasteiger partial charge in [-0.2, -0.15) is 0 Å². The summed E-state index contributed by atoms with van der Waals surface area (Å²) in [6.45, 7) is 3.83. The van der Waals surface area contributed by atoms with Crippen molar-refractivity contribution < 1.29 is 23.5 Å². The van der Waals surface area contributed by atoms with Crippen molar-refractivity contribution in [1.29, 1.82) is 0 Å². The monoisotopic (exact) mass is 384 g/mol. The fourth-order valence-electron chi connectivity index (χ4n) is 3.13. The predicted octanol–water partition coefficient (Wildman–Crippen LogP) is 3.30. The maximum Gasteiger partial charge on any atom is 0.338 e. The molecular weight excluding hydrogens is 363 g/mol. The molecule has 2 aromatic rings. The van der Waals surface area contributed by atoms with Crippen LogP contribution in [0.4, 0.5) is 15.8 Å². The summed E-state index contributed by atoms with van der Waals surface area (Å²) in [7, 11) is 0.